The lowest BCUT2D eigenvalue weighted by molar-refractivity contribution is 0.111. The lowest BCUT2D eigenvalue weighted by atomic mass is 10.1. The number of carbonyl (C=O) groups is 1. The Morgan fingerprint density at radius 2 is 2.06 bits per heavy atom. The van der Waals surface area contributed by atoms with E-state index >= 15 is 0 Å². The molecule has 0 saturated heterocycles. The summed E-state index contributed by atoms with van der Waals surface area (Å²) >= 11 is 0. The monoisotopic (exact) mass is 215 g/mol. The van der Waals surface area contributed by atoms with E-state index in [-0.39, 0.29) is 0 Å². The molecule has 2 rings (SSSR count). The Labute approximate surface area is 94.3 Å². The smallest absolute Gasteiger partial charge is 0.166 e. The second kappa shape index (κ2) is 4.23. The number of para-hydroxylation sites is 1. The first kappa shape index (κ1) is 10.5. The number of hydrogen-bond acceptors (Lipinski definition) is 2. The van der Waals surface area contributed by atoms with E-state index in [9.17, 15) is 4.79 Å². The van der Waals surface area contributed by atoms with Crippen molar-refractivity contribution in [1.82, 2.24) is 4.57 Å². The molecule has 0 N–H and O–H groups in total. The Morgan fingerprint density at radius 1 is 1.31 bits per heavy atom. The van der Waals surface area contributed by atoms with Crippen molar-refractivity contribution in [3.05, 3.63) is 42.2 Å². The number of hydrogen-bond donors (Lipinski definition) is 0. The maximum atomic E-state index is 10.8. The Hall–Kier alpha value is -2.03. The Balaban J connectivity index is 2.53. The van der Waals surface area contributed by atoms with Crippen LogP contribution in [-0.2, 0) is 7.05 Å². The number of methoxy groups -OCH3 is 1. The molecule has 0 amide bonds. The normalized spacial score (nSPS) is 10.1. The lowest BCUT2D eigenvalue weighted by Crippen LogP contribution is -1.90. The van der Waals surface area contributed by atoms with Crippen LogP contribution in [0.1, 0.15) is 10.5 Å². The highest BCUT2D eigenvalue weighted by molar-refractivity contribution is 5.79. The van der Waals surface area contributed by atoms with Crippen molar-refractivity contribution in [3.63, 3.8) is 0 Å². The molecule has 82 valence electrons. The highest BCUT2D eigenvalue weighted by atomic mass is 16.5. The van der Waals surface area contributed by atoms with E-state index in [1.165, 1.54) is 0 Å². The van der Waals surface area contributed by atoms with Crippen LogP contribution in [0.25, 0.3) is 11.1 Å². The molecule has 0 atom stereocenters. The van der Waals surface area contributed by atoms with Crippen LogP contribution in [0.5, 0.6) is 5.75 Å². The van der Waals surface area contributed by atoms with Gasteiger partial charge in [0.15, 0.2) is 6.29 Å². The first-order valence-corrected chi connectivity index (χ1v) is 5.01. The van der Waals surface area contributed by atoms with E-state index in [0.717, 1.165) is 23.2 Å². The summed E-state index contributed by atoms with van der Waals surface area (Å²) in [5, 5.41) is 0. The van der Waals surface area contributed by atoms with Gasteiger partial charge in [-0.2, -0.15) is 0 Å². The van der Waals surface area contributed by atoms with Crippen molar-refractivity contribution in [3.8, 4) is 16.9 Å². The quantitative estimate of drug-likeness (QED) is 0.737. The van der Waals surface area contributed by atoms with E-state index in [1.807, 2.05) is 43.6 Å². The van der Waals surface area contributed by atoms with Crippen LogP contribution >= 0.6 is 0 Å². The van der Waals surface area contributed by atoms with Gasteiger partial charge in [0.1, 0.15) is 5.75 Å². The summed E-state index contributed by atoms with van der Waals surface area (Å²) in [6.45, 7) is 0. The zero-order valence-electron chi connectivity index (χ0n) is 9.31. The van der Waals surface area contributed by atoms with Crippen molar-refractivity contribution in [2.24, 2.45) is 7.05 Å². The van der Waals surface area contributed by atoms with Gasteiger partial charge in [-0.25, -0.2) is 0 Å². The molecule has 3 heteroatoms. The number of benzene rings is 1. The maximum absolute atomic E-state index is 10.8. The molecule has 1 heterocycles. The van der Waals surface area contributed by atoms with Gasteiger partial charge in [0.05, 0.1) is 12.8 Å². The molecule has 3 nitrogen and oxygen atoms in total. The number of aldehydes is 1. The molecule has 0 saturated carbocycles. The summed E-state index contributed by atoms with van der Waals surface area (Å²) in [4.78, 5) is 10.8. The maximum Gasteiger partial charge on any atom is 0.166 e. The zero-order valence-corrected chi connectivity index (χ0v) is 9.31. The minimum absolute atomic E-state index is 0.654. The molecule has 0 aliphatic heterocycles. The van der Waals surface area contributed by atoms with Gasteiger partial charge in [0.2, 0.25) is 0 Å². The molecule has 0 bridgehead atoms. The standard InChI is InChI=1S/C13H13NO2/c1-14-8-10(7-11(14)9-15)12-5-3-4-6-13(12)16-2/h3-9H,1-2H3. The third-order valence-electron chi connectivity index (χ3n) is 2.58. The third kappa shape index (κ3) is 1.72. The lowest BCUT2D eigenvalue weighted by Gasteiger charge is -2.05. The average molecular weight is 215 g/mol. The van der Waals surface area contributed by atoms with Crippen LogP contribution in [0, 0.1) is 0 Å². The molecular formula is C13H13NO2. The Morgan fingerprint density at radius 3 is 2.69 bits per heavy atom. The minimum atomic E-state index is 0.654. The summed E-state index contributed by atoms with van der Waals surface area (Å²) in [6.07, 6.45) is 2.76. The largest absolute Gasteiger partial charge is 0.496 e. The molecule has 0 unspecified atom stereocenters. The summed E-state index contributed by atoms with van der Waals surface area (Å²) in [5.74, 6) is 0.811. The number of aromatic nitrogens is 1. The fourth-order valence-corrected chi connectivity index (χ4v) is 1.73. The van der Waals surface area contributed by atoms with Crippen LogP contribution in [0.2, 0.25) is 0 Å². The van der Waals surface area contributed by atoms with Crippen LogP contribution in [0.3, 0.4) is 0 Å². The molecule has 0 aliphatic carbocycles. The first-order valence-electron chi connectivity index (χ1n) is 5.01. The average Bonchev–Trinajstić information content (AvgIpc) is 2.70. The number of nitrogens with zero attached hydrogens (tertiary/aromatic N) is 1. The molecule has 1 aromatic carbocycles. The SMILES string of the molecule is COc1ccccc1-c1cc(C=O)n(C)c1. The third-order valence-corrected chi connectivity index (χ3v) is 2.58. The zero-order chi connectivity index (χ0) is 11.5. The molecule has 0 fully saturated rings. The van der Waals surface area contributed by atoms with Gasteiger partial charge in [-0.1, -0.05) is 18.2 Å². The predicted molar refractivity (Wildman–Crippen MR) is 62.8 cm³/mol. The van der Waals surface area contributed by atoms with Gasteiger partial charge < -0.3 is 9.30 Å². The summed E-state index contributed by atoms with van der Waals surface area (Å²) < 4.78 is 7.09. The van der Waals surface area contributed by atoms with Gasteiger partial charge in [-0.3, -0.25) is 4.79 Å². The van der Waals surface area contributed by atoms with Crippen molar-refractivity contribution >= 4 is 6.29 Å². The van der Waals surface area contributed by atoms with Gasteiger partial charge in [-0.15, -0.1) is 0 Å². The number of ether oxygens (including phenoxy) is 1. The highest BCUT2D eigenvalue weighted by Gasteiger charge is 2.08. The Bertz CT molecular complexity index is 514. The van der Waals surface area contributed by atoms with E-state index in [0.29, 0.717) is 5.69 Å². The van der Waals surface area contributed by atoms with E-state index in [2.05, 4.69) is 0 Å². The van der Waals surface area contributed by atoms with Gasteiger partial charge in [0.25, 0.3) is 0 Å². The van der Waals surface area contributed by atoms with Crippen LogP contribution in [0.4, 0.5) is 0 Å². The second-order valence-corrected chi connectivity index (χ2v) is 3.58. The molecular weight excluding hydrogens is 202 g/mol. The number of rotatable bonds is 3. The summed E-state index contributed by atoms with van der Waals surface area (Å²) in [5.41, 5.74) is 2.64. The van der Waals surface area contributed by atoms with Crippen molar-refractivity contribution in [2.45, 2.75) is 0 Å². The fourth-order valence-electron chi connectivity index (χ4n) is 1.73. The van der Waals surface area contributed by atoms with Gasteiger partial charge >= 0.3 is 0 Å². The van der Waals surface area contributed by atoms with E-state index < -0.39 is 0 Å². The minimum Gasteiger partial charge on any atom is -0.496 e. The number of carbonyl (C=O) groups excluding carboxylic acids is 1. The number of aryl methyl sites for hydroxylation is 1. The molecule has 0 aliphatic rings. The van der Waals surface area contributed by atoms with Crippen LogP contribution < -0.4 is 4.74 Å². The molecule has 2 aromatic rings. The highest BCUT2D eigenvalue weighted by Crippen LogP contribution is 2.30. The summed E-state index contributed by atoms with van der Waals surface area (Å²) in [6, 6.07) is 9.61. The van der Waals surface area contributed by atoms with E-state index in [1.54, 1.807) is 11.7 Å². The molecule has 16 heavy (non-hydrogen) atoms. The van der Waals surface area contributed by atoms with Crippen molar-refractivity contribution in [2.75, 3.05) is 7.11 Å². The predicted octanol–water partition coefficient (Wildman–Crippen LogP) is 2.51. The molecule has 0 radical (unpaired) electrons. The van der Waals surface area contributed by atoms with Crippen LogP contribution in [-0.4, -0.2) is 18.0 Å². The Kier molecular flexibility index (Phi) is 2.77. The topological polar surface area (TPSA) is 31.2 Å². The van der Waals surface area contributed by atoms with Crippen molar-refractivity contribution in [1.29, 1.82) is 0 Å². The van der Waals surface area contributed by atoms with Crippen molar-refractivity contribution < 1.29 is 9.53 Å². The first-order chi connectivity index (χ1) is 7.76. The van der Waals surface area contributed by atoms with Gasteiger partial charge in [-0.05, 0) is 12.1 Å². The molecule has 0 spiro atoms. The fraction of sp³-hybridized carbons (Fsp3) is 0.154. The van der Waals surface area contributed by atoms with E-state index in [4.69, 9.17) is 4.74 Å². The molecule has 1 aromatic heterocycles. The van der Waals surface area contributed by atoms with Crippen LogP contribution in [0.15, 0.2) is 36.5 Å². The summed E-state index contributed by atoms with van der Waals surface area (Å²) in [7, 11) is 3.49. The second-order valence-electron chi connectivity index (χ2n) is 3.58. The van der Waals surface area contributed by atoms with Gasteiger partial charge in [0, 0.05) is 24.4 Å².